The van der Waals surface area contributed by atoms with Gasteiger partial charge in [-0.15, -0.1) is 0 Å². The number of furan rings is 1. The van der Waals surface area contributed by atoms with Gasteiger partial charge in [0, 0.05) is 16.5 Å². The Morgan fingerprint density at radius 2 is 1.62 bits per heavy atom. The lowest BCUT2D eigenvalue weighted by atomic mass is 9.87. The Morgan fingerprint density at radius 1 is 0.905 bits per heavy atom. The van der Waals surface area contributed by atoms with Gasteiger partial charge in [0.2, 0.25) is 0 Å². The fourth-order valence-electron chi connectivity index (χ4n) is 2.20. The number of fused-ring (bicyclic) bond motifs is 1. The molecule has 0 spiro atoms. The molecule has 3 rings (SSSR count). The molecule has 1 heterocycles. The molecule has 0 atom stereocenters. The molecule has 2 N–H and O–H groups in total. The van der Waals surface area contributed by atoms with E-state index in [9.17, 15) is 8.78 Å². The van der Waals surface area contributed by atoms with Crippen LogP contribution in [-0.2, 0) is 5.92 Å². The highest BCUT2D eigenvalue weighted by Gasteiger charge is 2.34. The second-order valence-electron chi connectivity index (χ2n) is 4.72. The molecular formula is C15H11BF2O3. The Hall–Kier alpha value is -2.18. The molecule has 0 saturated carbocycles. The van der Waals surface area contributed by atoms with E-state index >= 15 is 0 Å². The fraction of sp³-hybridized carbons (Fsp3) is 0.0667. The first kappa shape index (κ1) is 13.8. The van der Waals surface area contributed by atoms with Crippen LogP contribution >= 0.6 is 0 Å². The van der Waals surface area contributed by atoms with E-state index in [-0.39, 0.29) is 16.8 Å². The maximum atomic E-state index is 14.5. The van der Waals surface area contributed by atoms with Crippen LogP contribution in [0.3, 0.4) is 0 Å². The predicted molar refractivity (Wildman–Crippen MR) is 75.5 cm³/mol. The molecule has 0 radical (unpaired) electrons. The lowest BCUT2D eigenvalue weighted by Crippen LogP contribution is -2.27. The van der Waals surface area contributed by atoms with E-state index in [1.54, 1.807) is 18.2 Å². The Bertz CT molecular complexity index is 769. The summed E-state index contributed by atoms with van der Waals surface area (Å²) in [5.41, 5.74) is -0.0351. The minimum absolute atomic E-state index is 0.0785. The molecule has 0 aliphatic rings. The van der Waals surface area contributed by atoms with Crippen molar-refractivity contribution < 1.29 is 23.2 Å². The first-order valence-corrected chi connectivity index (χ1v) is 6.32. The Labute approximate surface area is 119 Å². The zero-order valence-electron chi connectivity index (χ0n) is 10.8. The van der Waals surface area contributed by atoms with E-state index in [4.69, 9.17) is 14.5 Å². The number of rotatable bonds is 3. The van der Waals surface area contributed by atoms with Gasteiger partial charge in [0.1, 0.15) is 11.2 Å². The number of hydrogen-bond donors (Lipinski definition) is 2. The van der Waals surface area contributed by atoms with Gasteiger partial charge in [-0.3, -0.25) is 0 Å². The van der Waals surface area contributed by atoms with Crippen LogP contribution < -0.4 is 5.66 Å². The van der Waals surface area contributed by atoms with E-state index in [0.717, 1.165) is 0 Å². The second kappa shape index (κ2) is 4.98. The molecular weight excluding hydrogens is 277 g/mol. The van der Waals surface area contributed by atoms with Gasteiger partial charge < -0.3 is 14.5 Å². The highest BCUT2D eigenvalue weighted by atomic mass is 19.3. The molecule has 0 bridgehead atoms. The third kappa shape index (κ3) is 2.43. The molecule has 0 fully saturated rings. The first-order valence-electron chi connectivity index (χ1n) is 6.32. The van der Waals surface area contributed by atoms with Crippen LogP contribution in [0.25, 0.3) is 11.0 Å². The minimum Gasteiger partial charge on any atom is -0.465 e. The zero-order valence-corrected chi connectivity index (χ0v) is 10.8. The molecule has 3 nitrogen and oxygen atoms in total. The van der Waals surface area contributed by atoms with Gasteiger partial charge in [-0.2, -0.15) is 8.78 Å². The summed E-state index contributed by atoms with van der Waals surface area (Å²) in [6.07, 6.45) is 0. The SMILES string of the molecule is OB(O)c1cc2cc(C(F)(F)c3ccccc3)ccc2o1. The summed E-state index contributed by atoms with van der Waals surface area (Å²) in [5, 5.41) is 18.5. The van der Waals surface area contributed by atoms with E-state index in [1.807, 2.05) is 0 Å². The van der Waals surface area contributed by atoms with Crippen LogP contribution in [0.4, 0.5) is 8.78 Å². The molecule has 0 saturated heterocycles. The quantitative estimate of drug-likeness (QED) is 0.727. The smallest absolute Gasteiger partial charge is 0.465 e. The lowest BCUT2D eigenvalue weighted by molar-refractivity contribution is 0.0430. The standard InChI is InChI=1S/C15H11BF2O3/c17-15(18,11-4-2-1-3-5-11)12-6-7-13-10(8-12)9-14(21-13)16(19)20/h1-9,19-20H. The van der Waals surface area contributed by atoms with Crippen molar-refractivity contribution in [2.45, 2.75) is 5.92 Å². The molecule has 106 valence electrons. The summed E-state index contributed by atoms with van der Waals surface area (Å²) in [6.45, 7) is 0. The van der Waals surface area contributed by atoms with E-state index in [1.165, 1.54) is 36.4 Å². The maximum absolute atomic E-state index is 14.5. The van der Waals surface area contributed by atoms with Crippen molar-refractivity contribution in [1.29, 1.82) is 0 Å². The van der Waals surface area contributed by atoms with Crippen LogP contribution in [0.15, 0.2) is 59.0 Å². The summed E-state index contributed by atoms with van der Waals surface area (Å²) in [5.74, 6) is -3.13. The average Bonchev–Trinajstić information content (AvgIpc) is 2.91. The number of alkyl halides is 2. The number of benzene rings is 2. The Kier molecular flexibility index (Phi) is 3.27. The predicted octanol–water partition coefficient (Wildman–Crippen LogP) is 2.25. The van der Waals surface area contributed by atoms with Crippen LogP contribution in [0.1, 0.15) is 11.1 Å². The van der Waals surface area contributed by atoms with Crippen molar-refractivity contribution >= 4 is 23.7 Å². The van der Waals surface area contributed by atoms with E-state index < -0.39 is 13.0 Å². The van der Waals surface area contributed by atoms with Gasteiger partial charge in [-0.1, -0.05) is 30.3 Å². The number of hydrogen-bond acceptors (Lipinski definition) is 3. The molecule has 0 unspecified atom stereocenters. The molecule has 0 aliphatic carbocycles. The van der Waals surface area contributed by atoms with Crippen LogP contribution in [0.2, 0.25) is 0 Å². The third-order valence-corrected chi connectivity index (χ3v) is 3.29. The van der Waals surface area contributed by atoms with Crippen LogP contribution in [0.5, 0.6) is 0 Å². The first-order chi connectivity index (χ1) is 9.98. The highest BCUT2D eigenvalue weighted by molar-refractivity contribution is 6.57. The molecule has 0 aliphatic heterocycles. The minimum atomic E-state index is -3.13. The topological polar surface area (TPSA) is 53.6 Å². The second-order valence-corrected chi connectivity index (χ2v) is 4.72. The van der Waals surface area contributed by atoms with E-state index in [2.05, 4.69) is 0 Å². The lowest BCUT2D eigenvalue weighted by Gasteiger charge is -2.17. The van der Waals surface area contributed by atoms with Crippen molar-refractivity contribution in [1.82, 2.24) is 0 Å². The molecule has 6 heteroatoms. The van der Waals surface area contributed by atoms with Crippen molar-refractivity contribution in [2.75, 3.05) is 0 Å². The van der Waals surface area contributed by atoms with Gasteiger partial charge >= 0.3 is 7.12 Å². The summed E-state index contributed by atoms with van der Waals surface area (Å²) in [6, 6.07) is 12.8. The molecule has 3 aromatic rings. The van der Waals surface area contributed by atoms with Gasteiger partial charge in [0.25, 0.3) is 5.92 Å². The summed E-state index contributed by atoms with van der Waals surface area (Å²) >= 11 is 0. The Morgan fingerprint density at radius 3 is 2.29 bits per heavy atom. The van der Waals surface area contributed by atoms with Crippen molar-refractivity contribution in [3.05, 3.63) is 65.7 Å². The average molecular weight is 288 g/mol. The van der Waals surface area contributed by atoms with Gasteiger partial charge in [0.05, 0.1) is 0 Å². The molecule has 2 aromatic carbocycles. The van der Waals surface area contributed by atoms with Crippen LogP contribution in [-0.4, -0.2) is 17.2 Å². The molecule has 1 aromatic heterocycles. The summed E-state index contributed by atoms with van der Waals surface area (Å²) < 4.78 is 34.1. The van der Waals surface area contributed by atoms with Crippen molar-refractivity contribution in [3.8, 4) is 0 Å². The van der Waals surface area contributed by atoms with Crippen molar-refractivity contribution in [2.24, 2.45) is 0 Å². The van der Waals surface area contributed by atoms with Crippen LogP contribution in [0, 0.1) is 0 Å². The molecule has 0 amide bonds. The Balaban J connectivity index is 2.08. The van der Waals surface area contributed by atoms with Crippen molar-refractivity contribution in [3.63, 3.8) is 0 Å². The molecule has 21 heavy (non-hydrogen) atoms. The summed E-state index contributed by atoms with van der Waals surface area (Å²) in [7, 11) is -1.77. The fourth-order valence-corrected chi connectivity index (χ4v) is 2.20. The number of halogens is 2. The maximum Gasteiger partial charge on any atom is 0.526 e. The van der Waals surface area contributed by atoms with Gasteiger partial charge in [0.15, 0.2) is 0 Å². The zero-order chi connectivity index (χ0) is 15.0. The largest absolute Gasteiger partial charge is 0.526 e. The van der Waals surface area contributed by atoms with E-state index in [0.29, 0.717) is 11.0 Å². The van der Waals surface area contributed by atoms with Gasteiger partial charge in [-0.05, 0) is 24.3 Å². The third-order valence-electron chi connectivity index (χ3n) is 3.29. The monoisotopic (exact) mass is 288 g/mol. The highest BCUT2D eigenvalue weighted by Crippen LogP contribution is 2.36. The van der Waals surface area contributed by atoms with Gasteiger partial charge in [-0.25, -0.2) is 0 Å². The normalized spacial score (nSPS) is 11.8. The summed E-state index contributed by atoms with van der Waals surface area (Å²) in [4.78, 5) is 0.